The number of ether oxygens (including phenoxy) is 1. The van der Waals surface area contributed by atoms with Crippen LogP contribution in [0, 0.1) is 0 Å². The molecule has 4 aromatic rings. The van der Waals surface area contributed by atoms with Gasteiger partial charge in [0, 0.05) is 24.7 Å². The van der Waals surface area contributed by atoms with Gasteiger partial charge in [-0.2, -0.15) is 5.10 Å². The van der Waals surface area contributed by atoms with E-state index in [0.717, 1.165) is 54.0 Å². The van der Waals surface area contributed by atoms with Gasteiger partial charge in [0.1, 0.15) is 5.75 Å². The minimum absolute atomic E-state index is 0.199. The van der Waals surface area contributed by atoms with E-state index in [1.165, 1.54) is 0 Å². The highest BCUT2D eigenvalue weighted by atomic mass is 16.5. The Balaban J connectivity index is 1.74. The van der Waals surface area contributed by atoms with Crippen molar-refractivity contribution in [1.82, 2.24) is 19.7 Å². The summed E-state index contributed by atoms with van der Waals surface area (Å²) in [4.78, 5) is 9.74. The van der Waals surface area contributed by atoms with Crippen molar-refractivity contribution in [3.05, 3.63) is 66.5 Å². The maximum absolute atomic E-state index is 9.91. The Kier molecular flexibility index (Phi) is 4.25. The second-order valence-corrected chi connectivity index (χ2v) is 7.00. The molecule has 0 saturated carbocycles. The number of rotatable bonds is 3. The highest BCUT2D eigenvalue weighted by molar-refractivity contribution is 5.81. The summed E-state index contributed by atoms with van der Waals surface area (Å²) in [6, 6.07) is 17.0. The first-order valence-corrected chi connectivity index (χ1v) is 9.48. The molecular formula is C22H20N4O2. The molecule has 0 unspecified atom stereocenters. The number of benzene rings is 2. The third kappa shape index (κ3) is 3.01. The summed E-state index contributed by atoms with van der Waals surface area (Å²) < 4.78 is 7.39. The quantitative estimate of drug-likeness (QED) is 0.587. The Bertz CT molecular complexity index is 1120. The second-order valence-electron chi connectivity index (χ2n) is 7.00. The molecule has 5 rings (SSSR count). The average Bonchev–Trinajstić information content (AvgIpc) is 3.18. The summed E-state index contributed by atoms with van der Waals surface area (Å²) in [5, 5.41) is 15.5. The van der Waals surface area contributed by atoms with Gasteiger partial charge in [-0.15, -0.1) is 0 Å². The fourth-order valence-corrected chi connectivity index (χ4v) is 3.74. The van der Waals surface area contributed by atoms with Crippen molar-refractivity contribution in [2.45, 2.75) is 18.8 Å². The number of para-hydroxylation sites is 1. The van der Waals surface area contributed by atoms with E-state index >= 15 is 0 Å². The van der Waals surface area contributed by atoms with E-state index in [1.54, 1.807) is 18.2 Å². The number of phenolic OH excluding ortho intramolecular Hbond substituents is 1. The Hall–Kier alpha value is -3.25. The molecule has 1 saturated heterocycles. The van der Waals surface area contributed by atoms with Gasteiger partial charge in [-0.25, -0.2) is 14.6 Å². The van der Waals surface area contributed by atoms with Crippen molar-refractivity contribution < 1.29 is 9.84 Å². The number of aromatic nitrogens is 4. The fourth-order valence-electron chi connectivity index (χ4n) is 3.74. The molecule has 0 spiro atoms. The number of nitrogens with zero attached hydrogens (tertiary/aromatic N) is 4. The van der Waals surface area contributed by atoms with Gasteiger partial charge < -0.3 is 9.84 Å². The molecule has 28 heavy (non-hydrogen) atoms. The third-order valence-electron chi connectivity index (χ3n) is 5.17. The first-order chi connectivity index (χ1) is 13.8. The van der Waals surface area contributed by atoms with Crippen molar-refractivity contribution in [2.75, 3.05) is 13.2 Å². The molecule has 0 amide bonds. The van der Waals surface area contributed by atoms with Gasteiger partial charge in [-0.1, -0.05) is 30.3 Å². The molecule has 140 valence electrons. The minimum Gasteiger partial charge on any atom is -0.508 e. The largest absolute Gasteiger partial charge is 0.508 e. The molecule has 2 aromatic carbocycles. The number of phenols is 1. The van der Waals surface area contributed by atoms with Crippen LogP contribution in [0.2, 0.25) is 0 Å². The van der Waals surface area contributed by atoms with E-state index in [9.17, 15) is 5.11 Å². The average molecular weight is 372 g/mol. The van der Waals surface area contributed by atoms with Gasteiger partial charge in [-0.3, -0.25) is 0 Å². The maximum atomic E-state index is 9.91. The Morgan fingerprint density at radius 1 is 0.964 bits per heavy atom. The van der Waals surface area contributed by atoms with Gasteiger partial charge in [0.25, 0.3) is 0 Å². The lowest BCUT2D eigenvalue weighted by molar-refractivity contribution is 0.0848. The standard InChI is InChI=1S/C22H20N4O2/c27-18-8-4-5-16(13-18)21-24-20(15-9-11-28-12-10-15)19-14-23-26(22(19)25-21)17-6-2-1-3-7-17/h1-8,13-15,27H,9-12H2. The molecular weight excluding hydrogens is 352 g/mol. The van der Waals surface area contributed by atoms with Crippen LogP contribution >= 0.6 is 0 Å². The number of hydrogen-bond donors (Lipinski definition) is 1. The first-order valence-electron chi connectivity index (χ1n) is 9.48. The molecule has 0 radical (unpaired) electrons. The van der Waals surface area contributed by atoms with Crippen LogP contribution in [-0.4, -0.2) is 38.1 Å². The van der Waals surface area contributed by atoms with Crippen molar-refractivity contribution >= 4 is 11.0 Å². The normalized spacial score (nSPS) is 15.1. The molecule has 6 heteroatoms. The third-order valence-corrected chi connectivity index (χ3v) is 5.17. The minimum atomic E-state index is 0.199. The Morgan fingerprint density at radius 2 is 1.79 bits per heavy atom. The zero-order valence-electron chi connectivity index (χ0n) is 15.3. The van der Waals surface area contributed by atoms with Gasteiger partial charge in [0.15, 0.2) is 11.5 Å². The van der Waals surface area contributed by atoms with Crippen LogP contribution < -0.4 is 0 Å². The number of aromatic hydroxyl groups is 1. The van der Waals surface area contributed by atoms with Gasteiger partial charge in [0.2, 0.25) is 0 Å². The lowest BCUT2D eigenvalue weighted by Gasteiger charge is -2.22. The van der Waals surface area contributed by atoms with E-state index in [1.807, 2.05) is 47.3 Å². The number of fused-ring (bicyclic) bond motifs is 1. The SMILES string of the molecule is Oc1cccc(-c2nc(C3CCOCC3)c3cnn(-c4ccccc4)c3n2)c1. The molecule has 6 nitrogen and oxygen atoms in total. The molecule has 1 aliphatic rings. The summed E-state index contributed by atoms with van der Waals surface area (Å²) in [6.07, 6.45) is 3.73. The zero-order chi connectivity index (χ0) is 18.9. The van der Waals surface area contributed by atoms with Crippen LogP contribution in [0.25, 0.3) is 28.1 Å². The molecule has 0 aliphatic carbocycles. The van der Waals surface area contributed by atoms with Crippen molar-refractivity contribution in [3.63, 3.8) is 0 Å². The van der Waals surface area contributed by atoms with E-state index in [2.05, 4.69) is 5.10 Å². The Morgan fingerprint density at radius 3 is 2.57 bits per heavy atom. The molecule has 1 aliphatic heterocycles. The lowest BCUT2D eigenvalue weighted by atomic mass is 9.94. The van der Waals surface area contributed by atoms with E-state index in [-0.39, 0.29) is 5.75 Å². The van der Waals surface area contributed by atoms with Gasteiger partial charge >= 0.3 is 0 Å². The van der Waals surface area contributed by atoms with Crippen LogP contribution in [0.3, 0.4) is 0 Å². The second kappa shape index (κ2) is 7.05. The molecule has 1 fully saturated rings. The molecule has 0 bridgehead atoms. The molecule has 1 N–H and O–H groups in total. The van der Waals surface area contributed by atoms with Crippen LogP contribution in [0.15, 0.2) is 60.8 Å². The van der Waals surface area contributed by atoms with Crippen LogP contribution in [0.5, 0.6) is 5.75 Å². The molecule has 3 heterocycles. The summed E-state index contributed by atoms with van der Waals surface area (Å²) in [5.74, 6) is 1.11. The first kappa shape index (κ1) is 16.9. The highest BCUT2D eigenvalue weighted by Crippen LogP contribution is 2.33. The van der Waals surface area contributed by atoms with Gasteiger partial charge in [-0.05, 0) is 37.1 Å². The Labute approximate surface area is 162 Å². The highest BCUT2D eigenvalue weighted by Gasteiger charge is 2.23. The summed E-state index contributed by atoms with van der Waals surface area (Å²) in [7, 11) is 0. The van der Waals surface area contributed by atoms with Crippen molar-refractivity contribution in [2.24, 2.45) is 0 Å². The molecule has 0 atom stereocenters. The van der Waals surface area contributed by atoms with Crippen LogP contribution in [0.4, 0.5) is 0 Å². The number of hydrogen-bond acceptors (Lipinski definition) is 5. The predicted molar refractivity (Wildman–Crippen MR) is 107 cm³/mol. The topological polar surface area (TPSA) is 73.1 Å². The van der Waals surface area contributed by atoms with Crippen LogP contribution in [-0.2, 0) is 4.74 Å². The summed E-state index contributed by atoms with van der Waals surface area (Å²) in [5.41, 5.74) is 3.53. The fraction of sp³-hybridized carbons (Fsp3) is 0.227. The predicted octanol–water partition coefficient (Wildman–Crippen LogP) is 4.08. The zero-order valence-corrected chi connectivity index (χ0v) is 15.3. The van der Waals surface area contributed by atoms with Crippen LogP contribution in [0.1, 0.15) is 24.5 Å². The van der Waals surface area contributed by atoms with E-state index in [0.29, 0.717) is 11.7 Å². The lowest BCUT2D eigenvalue weighted by Crippen LogP contribution is -2.16. The van der Waals surface area contributed by atoms with Crippen molar-refractivity contribution in [3.8, 4) is 22.8 Å². The summed E-state index contributed by atoms with van der Waals surface area (Å²) >= 11 is 0. The van der Waals surface area contributed by atoms with E-state index in [4.69, 9.17) is 14.7 Å². The maximum Gasteiger partial charge on any atom is 0.167 e. The monoisotopic (exact) mass is 372 g/mol. The smallest absolute Gasteiger partial charge is 0.167 e. The summed E-state index contributed by atoms with van der Waals surface area (Å²) in [6.45, 7) is 1.48. The van der Waals surface area contributed by atoms with Crippen molar-refractivity contribution in [1.29, 1.82) is 0 Å². The van der Waals surface area contributed by atoms with E-state index < -0.39 is 0 Å². The van der Waals surface area contributed by atoms with Gasteiger partial charge in [0.05, 0.1) is 23.0 Å². The molecule has 2 aromatic heterocycles.